The van der Waals surface area contributed by atoms with Crippen molar-refractivity contribution in [2.24, 2.45) is 0 Å². The highest BCUT2D eigenvalue weighted by molar-refractivity contribution is 9.10. The lowest BCUT2D eigenvalue weighted by Gasteiger charge is -2.13. The van der Waals surface area contributed by atoms with Crippen molar-refractivity contribution >= 4 is 27.5 Å². The molecule has 0 saturated carbocycles. The summed E-state index contributed by atoms with van der Waals surface area (Å²) in [6.45, 7) is 2.51. The normalized spacial score (nSPS) is 12.2. The molecular weight excluding hydrogens is 352 g/mol. The summed E-state index contributed by atoms with van der Waals surface area (Å²) in [5.74, 6) is 0.837. The maximum atomic E-state index is 10.1. The first-order valence-electron chi connectivity index (χ1n) is 6.86. The molecule has 2 rings (SSSR count). The second-order valence-electron chi connectivity index (χ2n) is 5.05. The van der Waals surface area contributed by atoms with E-state index < -0.39 is 6.10 Å². The second-order valence-corrected chi connectivity index (χ2v) is 6.37. The van der Waals surface area contributed by atoms with Crippen LogP contribution in [0.15, 0.2) is 46.9 Å². The number of rotatable bonds is 6. The Kier molecular flexibility index (Phi) is 6.09. The molecule has 1 N–H and O–H groups in total. The van der Waals surface area contributed by atoms with E-state index in [0.717, 1.165) is 21.3 Å². The van der Waals surface area contributed by atoms with E-state index in [0.29, 0.717) is 24.5 Å². The summed E-state index contributed by atoms with van der Waals surface area (Å²) in [4.78, 5) is 0. The first-order chi connectivity index (χ1) is 10.0. The first kappa shape index (κ1) is 16.3. The van der Waals surface area contributed by atoms with Crippen LogP contribution in [0.1, 0.15) is 17.5 Å². The lowest BCUT2D eigenvalue weighted by molar-refractivity contribution is 0.139. The molecule has 1 unspecified atom stereocenters. The van der Waals surface area contributed by atoms with E-state index in [2.05, 4.69) is 15.9 Å². The molecule has 0 aliphatic rings. The second kappa shape index (κ2) is 7.83. The van der Waals surface area contributed by atoms with Gasteiger partial charge in [0.1, 0.15) is 5.75 Å². The molecule has 0 aliphatic heterocycles. The molecule has 21 heavy (non-hydrogen) atoms. The standard InChI is InChI=1S/C17H18BrClO2/c1-12-3-2-4-16(9-12)21-8-7-15(20)10-13-5-6-14(18)11-17(13)19/h2-6,9,11,15,20H,7-8,10H2,1H3. The zero-order valence-electron chi connectivity index (χ0n) is 11.9. The average molecular weight is 370 g/mol. The third-order valence-electron chi connectivity index (χ3n) is 3.18. The summed E-state index contributed by atoms with van der Waals surface area (Å²) in [5.41, 5.74) is 2.11. The Balaban J connectivity index is 1.81. The molecule has 0 saturated heterocycles. The molecule has 0 bridgehead atoms. The lowest BCUT2D eigenvalue weighted by Crippen LogP contribution is -2.15. The molecule has 2 nitrogen and oxygen atoms in total. The molecule has 0 heterocycles. The third kappa shape index (κ3) is 5.34. The van der Waals surface area contributed by atoms with E-state index in [1.165, 1.54) is 0 Å². The van der Waals surface area contributed by atoms with Crippen molar-refractivity contribution < 1.29 is 9.84 Å². The summed E-state index contributed by atoms with van der Waals surface area (Å²) >= 11 is 9.52. The number of aliphatic hydroxyl groups excluding tert-OH is 1. The molecule has 112 valence electrons. The summed E-state index contributed by atoms with van der Waals surface area (Å²) in [6.07, 6.45) is 0.636. The minimum atomic E-state index is -0.464. The number of ether oxygens (including phenoxy) is 1. The Bertz CT molecular complexity index is 601. The van der Waals surface area contributed by atoms with Crippen LogP contribution < -0.4 is 4.74 Å². The summed E-state index contributed by atoms with van der Waals surface area (Å²) in [7, 11) is 0. The highest BCUT2D eigenvalue weighted by Gasteiger charge is 2.09. The summed E-state index contributed by atoms with van der Waals surface area (Å²) in [5, 5.41) is 10.7. The fourth-order valence-electron chi connectivity index (χ4n) is 2.06. The van der Waals surface area contributed by atoms with Gasteiger partial charge in [0.15, 0.2) is 0 Å². The largest absolute Gasteiger partial charge is 0.493 e. The fraction of sp³-hybridized carbons (Fsp3) is 0.294. The maximum absolute atomic E-state index is 10.1. The average Bonchev–Trinajstić information content (AvgIpc) is 2.42. The van der Waals surface area contributed by atoms with Gasteiger partial charge < -0.3 is 9.84 Å². The van der Waals surface area contributed by atoms with Gasteiger partial charge in [0.25, 0.3) is 0 Å². The van der Waals surface area contributed by atoms with Crippen LogP contribution in [0.4, 0.5) is 0 Å². The zero-order chi connectivity index (χ0) is 15.2. The van der Waals surface area contributed by atoms with Crippen molar-refractivity contribution in [3.05, 3.63) is 63.1 Å². The van der Waals surface area contributed by atoms with Crippen LogP contribution in [-0.2, 0) is 6.42 Å². The topological polar surface area (TPSA) is 29.5 Å². The Morgan fingerprint density at radius 3 is 2.76 bits per heavy atom. The van der Waals surface area contributed by atoms with Crippen molar-refractivity contribution in [1.82, 2.24) is 0 Å². The maximum Gasteiger partial charge on any atom is 0.119 e. The number of hydrogen-bond donors (Lipinski definition) is 1. The van der Waals surface area contributed by atoms with Gasteiger partial charge in [0.2, 0.25) is 0 Å². The zero-order valence-corrected chi connectivity index (χ0v) is 14.2. The SMILES string of the molecule is Cc1cccc(OCCC(O)Cc2ccc(Br)cc2Cl)c1. The Hall–Kier alpha value is -1.03. The minimum absolute atomic E-state index is 0.464. The van der Waals surface area contributed by atoms with E-state index in [9.17, 15) is 5.11 Å². The Labute approximate surface area is 138 Å². The summed E-state index contributed by atoms with van der Waals surface area (Å²) in [6, 6.07) is 13.6. The number of aryl methyl sites for hydroxylation is 1. The van der Waals surface area contributed by atoms with Crippen LogP contribution >= 0.6 is 27.5 Å². The predicted molar refractivity (Wildman–Crippen MR) is 90.2 cm³/mol. The molecule has 0 aromatic heterocycles. The van der Waals surface area contributed by atoms with Gasteiger partial charge in [0.05, 0.1) is 12.7 Å². The molecule has 0 radical (unpaired) electrons. The molecule has 0 spiro atoms. The monoisotopic (exact) mass is 368 g/mol. The smallest absolute Gasteiger partial charge is 0.119 e. The van der Waals surface area contributed by atoms with E-state index in [-0.39, 0.29) is 0 Å². The number of benzene rings is 2. The van der Waals surface area contributed by atoms with Gasteiger partial charge in [-0.2, -0.15) is 0 Å². The molecule has 2 aromatic rings. The highest BCUT2D eigenvalue weighted by atomic mass is 79.9. The third-order valence-corrected chi connectivity index (χ3v) is 4.03. The van der Waals surface area contributed by atoms with E-state index >= 15 is 0 Å². The molecule has 4 heteroatoms. The van der Waals surface area contributed by atoms with Crippen LogP contribution in [0.25, 0.3) is 0 Å². The fourth-order valence-corrected chi connectivity index (χ4v) is 2.81. The number of halogens is 2. The first-order valence-corrected chi connectivity index (χ1v) is 8.03. The van der Waals surface area contributed by atoms with Crippen molar-refractivity contribution in [3.63, 3.8) is 0 Å². The van der Waals surface area contributed by atoms with Gasteiger partial charge in [-0.05, 0) is 48.7 Å². The van der Waals surface area contributed by atoms with Gasteiger partial charge in [-0.25, -0.2) is 0 Å². The highest BCUT2D eigenvalue weighted by Crippen LogP contribution is 2.23. The van der Waals surface area contributed by atoms with Crippen molar-refractivity contribution in [3.8, 4) is 5.75 Å². The van der Waals surface area contributed by atoms with Gasteiger partial charge >= 0.3 is 0 Å². The molecule has 1 atom stereocenters. The quantitative estimate of drug-likeness (QED) is 0.794. The van der Waals surface area contributed by atoms with Crippen LogP contribution in [0.2, 0.25) is 5.02 Å². The van der Waals surface area contributed by atoms with Gasteiger partial charge in [0, 0.05) is 15.9 Å². The number of hydrogen-bond acceptors (Lipinski definition) is 2. The lowest BCUT2D eigenvalue weighted by atomic mass is 10.1. The van der Waals surface area contributed by atoms with Crippen molar-refractivity contribution in [2.75, 3.05) is 6.61 Å². The molecule has 0 amide bonds. The Morgan fingerprint density at radius 2 is 2.05 bits per heavy atom. The van der Waals surface area contributed by atoms with Crippen LogP contribution in [0.3, 0.4) is 0 Å². The van der Waals surface area contributed by atoms with Gasteiger partial charge in [-0.3, -0.25) is 0 Å². The molecule has 2 aromatic carbocycles. The molecule has 0 aliphatic carbocycles. The summed E-state index contributed by atoms with van der Waals surface area (Å²) < 4.78 is 6.58. The predicted octanol–water partition coefficient (Wildman–Crippen LogP) is 4.78. The number of aliphatic hydroxyl groups is 1. The van der Waals surface area contributed by atoms with Crippen LogP contribution in [0, 0.1) is 6.92 Å². The van der Waals surface area contributed by atoms with Crippen LogP contribution in [0.5, 0.6) is 5.75 Å². The molecular formula is C17H18BrClO2. The Morgan fingerprint density at radius 1 is 1.24 bits per heavy atom. The van der Waals surface area contributed by atoms with E-state index in [1.54, 1.807) is 0 Å². The van der Waals surface area contributed by atoms with Crippen LogP contribution in [-0.4, -0.2) is 17.8 Å². The van der Waals surface area contributed by atoms with E-state index in [4.69, 9.17) is 16.3 Å². The van der Waals surface area contributed by atoms with Gasteiger partial charge in [-0.1, -0.05) is 45.7 Å². The van der Waals surface area contributed by atoms with Crippen molar-refractivity contribution in [2.45, 2.75) is 25.9 Å². The minimum Gasteiger partial charge on any atom is -0.493 e. The molecule has 0 fully saturated rings. The van der Waals surface area contributed by atoms with Crippen molar-refractivity contribution in [1.29, 1.82) is 0 Å². The van der Waals surface area contributed by atoms with Gasteiger partial charge in [-0.15, -0.1) is 0 Å². The van der Waals surface area contributed by atoms with E-state index in [1.807, 2.05) is 49.4 Å².